The number of hydrogen-bond donors (Lipinski definition) is 3. The predicted molar refractivity (Wildman–Crippen MR) is 159 cm³/mol. The maximum absolute atomic E-state index is 13.0. The van der Waals surface area contributed by atoms with Gasteiger partial charge in [0.1, 0.15) is 16.8 Å². The molecular weight excluding hydrogens is 562 g/mol. The molecule has 14 heteroatoms. The van der Waals surface area contributed by atoms with Crippen molar-refractivity contribution in [2.75, 3.05) is 44.1 Å². The number of methoxy groups -OCH3 is 1. The summed E-state index contributed by atoms with van der Waals surface area (Å²) in [6, 6.07) is 9.98. The topological polar surface area (TPSA) is 161 Å². The molecule has 1 fully saturated rings. The number of hydrogen-bond acceptors (Lipinski definition) is 10. The molecule has 3 heterocycles. The van der Waals surface area contributed by atoms with Crippen LogP contribution in [0.3, 0.4) is 0 Å². The average Bonchev–Trinajstić information content (AvgIpc) is 3.59. The number of amides is 1. The molecule has 0 saturated carbocycles. The zero-order valence-electron chi connectivity index (χ0n) is 24.2. The zero-order chi connectivity index (χ0) is 30.4. The Morgan fingerprint density at radius 2 is 1.95 bits per heavy atom. The van der Waals surface area contributed by atoms with Crippen molar-refractivity contribution in [2.24, 2.45) is 7.05 Å². The zero-order valence-corrected chi connectivity index (χ0v) is 25.0. The van der Waals surface area contributed by atoms with Crippen molar-refractivity contribution >= 4 is 38.6 Å². The molecule has 0 radical (unpaired) electrons. The lowest BCUT2D eigenvalue weighted by atomic mass is 10.2. The maximum atomic E-state index is 13.0. The van der Waals surface area contributed by atoms with E-state index in [0.29, 0.717) is 30.0 Å². The molecule has 2 aromatic heterocycles. The first-order valence-corrected chi connectivity index (χ1v) is 14.7. The number of ether oxygens (including phenoxy) is 2. The van der Waals surface area contributed by atoms with Crippen molar-refractivity contribution in [2.45, 2.75) is 31.2 Å². The molecule has 1 aliphatic rings. The molecule has 1 amide bonds. The van der Waals surface area contributed by atoms with E-state index in [9.17, 15) is 13.2 Å². The minimum absolute atomic E-state index is 0.0666. The van der Waals surface area contributed by atoms with Crippen LogP contribution in [-0.4, -0.2) is 78.5 Å². The van der Waals surface area contributed by atoms with E-state index in [0.717, 1.165) is 36.0 Å². The molecule has 13 nitrogen and oxygen atoms in total. The van der Waals surface area contributed by atoms with Gasteiger partial charge in [0.05, 0.1) is 18.6 Å². The van der Waals surface area contributed by atoms with Crippen molar-refractivity contribution in [3.63, 3.8) is 0 Å². The average molecular weight is 598 g/mol. The minimum Gasteiger partial charge on any atom is -0.494 e. The van der Waals surface area contributed by atoms with Crippen molar-refractivity contribution in [3.05, 3.63) is 59.9 Å². The summed E-state index contributed by atoms with van der Waals surface area (Å²) >= 11 is 0. The van der Waals surface area contributed by atoms with Gasteiger partial charge in [-0.2, -0.15) is 18.5 Å². The highest BCUT2D eigenvalue weighted by atomic mass is 32.2. The number of carbonyl (C=O) groups excluding carboxylic acids is 1. The van der Waals surface area contributed by atoms with Gasteiger partial charge in [0.15, 0.2) is 0 Å². The lowest BCUT2D eigenvalue weighted by Crippen LogP contribution is -2.30. The summed E-state index contributed by atoms with van der Waals surface area (Å²) in [5.74, 6) is 1.07. The highest BCUT2D eigenvalue weighted by Crippen LogP contribution is 2.30. The van der Waals surface area contributed by atoms with Gasteiger partial charge in [-0.25, -0.2) is 4.98 Å². The van der Waals surface area contributed by atoms with Gasteiger partial charge in [0, 0.05) is 55.7 Å². The summed E-state index contributed by atoms with van der Waals surface area (Å²) in [5.41, 5.74) is 2.55. The van der Waals surface area contributed by atoms with Crippen molar-refractivity contribution in [1.82, 2.24) is 25.1 Å². The van der Waals surface area contributed by atoms with Gasteiger partial charge >= 0.3 is 0 Å². The van der Waals surface area contributed by atoms with Gasteiger partial charge < -0.3 is 25.0 Å². The predicted octanol–water partition coefficient (Wildman–Crippen LogP) is 3.06. The Bertz CT molecular complexity index is 1660. The molecule has 4 aromatic rings. The molecule has 2 aromatic carbocycles. The van der Waals surface area contributed by atoms with Crippen LogP contribution in [0.5, 0.6) is 11.6 Å². The number of aromatic nitrogens is 4. The van der Waals surface area contributed by atoms with Gasteiger partial charge in [0.2, 0.25) is 11.8 Å². The number of fused-ring (bicyclic) bond motifs is 1. The molecule has 0 bridgehead atoms. The second kappa shape index (κ2) is 13.1. The Hall–Kier alpha value is -4.27. The van der Waals surface area contributed by atoms with Crippen LogP contribution in [0, 0.1) is 6.92 Å². The molecule has 0 spiro atoms. The van der Waals surface area contributed by atoms with E-state index >= 15 is 0 Å². The van der Waals surface area contributed by atoms with Crippen LogP contribution in [0.1, 0.15) is 29.3 Å². The van der Waals surface area contributed by atoms with E-state index in [1.165, 1.54) is 18.3 Å². The fourth-order valence-electron chi connectivity index (χ4n) is 4.45. The van der Waals surface area contributed by atoms with E-state index in [1.807, 2.05) is 40.2 Å². The number of aryl methyl sites for hydroxylation is 2. The molecule has 224 valence electrons. The van der Waals surface area contributed by atoms with Crippen molar-refractivity contribution < 1.29 is 27.2 Å². The van der Waals surface area contributed by atoms with E-state index in [2.05, 4.69) is 30.6 Å². The Labute approximate surface area is 244 Å². The normalized spacial score (nSPS) is 14.8. The number of rotatable bonds is 8. The molecule has 0 unspecified atom stereocenters. The maximum Gasteiger partial charge on any atom is 0.294 e. The Kier molecular flexibility index (Phi) is 9.60. The number of carbonyl (C=O) groups is 1. The van der Waals surface area contributed by atoms with E-state index in [1.54, 1.807) is 30.0 Å². The Morgan fingerprint density at radius 3 is 2.57 bits per heavy atom. The van der Waals surface area contributed by atoms with Gasteiger partial charge in [-0.3, -0.25) is 14.0 Å². The van der Waals surface area contributed by atoms with Gasteiger partial charge in [-0.1, -0.05) is 17.7 Å². The van der Waals surface area contributed by atoms with Crippen molar-refractivity contribution in [1.29, 1.82) is 0 Å². The van der Waals surface area contributed by atoms with Crippen LogP contribution in [0.25, 0.3) is 10.9 Å². The molecular formula is C28H35N7O6S. The fourth-order valence-corrected chi connectivity index (χ4v) is 4.93. The number of anilines is 2. The third-order valence-corrected chi connectivity index (χ3v) is 7.50. The molecule has 3 N–H and O–H groups in total. The summed E-state index contributed by atoms with van der Waals surface area (Å²) < 4.78 is 42.4. The van der Waals surface area contributed by atoms with Crippen LogP contribution in [-0.2, 0) is 17.2 Å². The fraction of sp³-hybridized carbons (Fsp3) is 0.357. The van der Waals surface area contributed by atoms with E-state index in [4.69, 9.17) is 14.0 Å². The third kappa shape index (κ3) is 7.32. The van der Waals surface area contributed by atoms with Gasteiger partial charge in [-0.05, 0) is 45.5 Å². The number of nitrogens with zero attached hydrogens (tertiary/aromatic N) is 5. The molecule has 42 heavy (non-hydrogen) atoms. The van der Waals surface area contributed by atoms with Gasteiger partial charge in [0.25, 0.3) is 16.0 Å². The highest BCUT2D eigenvalue weighted by Gasteiger charge is 2.25. The largest absolute Gasteiger partial charge is 0.494 e. The van der Waals surface area contributed by atoms with Crippen molar-refractivity contribution in [3.8, 4) is 11.6 Å². The highest BCUT2D eigenvalue weighted by molar-refractivity contribution is 7.85. The smallest absolute Gasteiger partial charge is 0.294 e. The molecule has 1 aliphatic heterocycles. The summed E-state index contributed by atoms with van der Waals surface area (Å²) in [6.07, 6.45) is 4.41. The third-order valence-electron chi connectivity index (χ3n) is 6.63. The lowest BCUT2D eigenvalue weighted by molar-refractivity contribution is 0.102. The second-order valence-corrected chi connectivity index (χ2v) is 11.1. The summed E-state index contributed by atoms with van der Waals surface area (Å²) in [7, 11) is 1.34. The monoisotopic (exact) mass is 597 g/mol. The van der Waals surface area contributed by atoms with Crippen LogP contribution in [0.4, 0.5) is 11.6 Å². The molecule has 0 aliphatic carbocycles. The Morgan fingerprint density at radius 1 is 1.21 bits per heavy atom. The SMILES string of the molecule is CCOc1nc(N2CC[C@@H](NC)C2)ncc1C(=O)Nc1cc(OC)c2nn(C)cc2c1.Cc1ccc(S(=O)(=O)O)cc1. The minimum atomic E-state index is -4.02. The first kappa shape index (κ1) is 30.7. The number of nitrogens with one attached hydrogen (secondary N) is 2. The van der Waals surface area contributed by atoms with E-state index in [-0.39, 0.29) is 22.2 Å². The molecule has 1 saturated heterocycles. The van der Waals surface area contributed by atoms with Crippen LogP contribution >= 0.6 is 0 Å². The van der Waals surface area contributed by atoms with E-state index < -0.39 is 10.1 Å². The standard InChI is InChI=1S/C21H27N7O3.C7H8O3S/c1-5-31-20-16(10-23-21(25-20)28-7-6-14(12-28)22-2)19(29)24-15-8-13-11-27(3)26-18(13)17(9-15)30-4;1-6-2-4-7(5-3-6)11(8,9)10/h8-11,14,22H,5-7,12H2,1-4H3,(H,24,29);2-5H,1H3,(H,8,9,10)/t14-;/m1./s1. The number of benzene rings is 2. The first-order chi connectivity index (χ1) is 20.0. The molecule has 1 atom stereocenters. The second-order valence-electron chi connectivity index (χ2n) is 9.70. The summed E-state index contributed by atoms with van der Waals surface area (Å²) in [6.45, 7) is 5.77. The van der Waals surface area contributed by atoms with Crippen LogP contribution < -0.4 is 25.0 Å². The van der Waals surface area contributed by atoms with Crippen LogP contribution in [0.2, 0.25) is 0 Å². The number of likely N-dealkylation sites (N-methyl/N-ethyl adjacent to an activating group) is 1. The van der Waals surface area contributed by atoms with Gasteiger partial charge in [-0.15, -0.1) is 0 Å². The summed E-state index contributed by atoms with van der Waals surface area (Å²) in [5, 5.41) is 11.4. The summed E-state index contributed by atoms with van der Waals surface area (Å²) in [4.78, 5) is 24.0. The van der Waals surface area contributed by atoms with Crippen LogP contribution in [0.15, 0.2) is 53.7 Å². The molecule has 5 rings (SSSR count). The Balaban J connectivity index is 0.000000310. The quantitative estimate of drug-likeness (QED) is 0.256. The first-order valence-electron chi connectivity index (χ1n) is 13.3. The lowest BCUT2D eigenvalue weighted by Gasteiger charge is -2.18.